The van der Waals surface area contributed by atoms with E-state index in [4.69, 9.17) is 16.9 Å². The van der Waals surface area contributed by atoms with Gasteiger partial charge in [0.1, 0.15) is 15.8 Å². The Hall–Kier alpha value is -1.06. The van der Waals surface area contributed by atoms with Crippen LogP contribution in [0.1, 0.15) is 11.1 Å². The Kier molecular flexibility index (Phi) is 5.86. The number of hydrogen-bond acceptors (Lipinski definition) is 5. The van der Waals surface area contributed by atoms with E-state index in [0.29, 0.717) is 10.7 Å². The molecule has 0 bridgehead atoms. The van der Waals surface area contributed by atoms with Crippen LogP contribution in [0.3, 0.4) is 0 Å². The molecule has 0 aliphatic heterocycles. The van der Waals surface area contributed by atoms with Crippen molar-refractivity contribution in [1.29, 1.82) is 5.26 Å². The van der Waals surface area contributed by atoms with Crippen molar-refractivity contribution in [3.8, 4) is 6.07 Å². The van der Waals surface area contributed by atoms with Gasteiger partial charge in [-0.25, -0.2) is 0 Å². The standard InChI is InChI=1S/C14H14ClN3S2/c1-18(10-11-5-3-2-4-6-11)7-8-19-14-12(9-16)13(15)17-20-14/h2-6H,7-8,10H2,1H3. The molecule has 0 radical (unpaired) electrons. The van der Waals surface area contributed by atoms with Crippen molar-refractivity contribution in [3.63, 3.8) is 0 Å². The van der Waals surface area contributed by atoms with Crippen LogP contribution < -0.4 is 0 Å². The molecule has 0 unspecified atom stereocenters. The molecule has 1 heterocycles. The first-order chi connectivity index (χ1) is 9.70. The van der Waals surface area contributed by atoms with E-state index in [-0.39, 0.29) is 0 Å². The SMILES string of the molecule is CN(CCSc1snc(Cl)c1C#N)Cc1ccccc1. The lowest BCUT2D eigenvalue weighted by molar-refractivity contribution is 0.349. The van der Waals surface area contributed by atoms with Crippen molar-refractivity contribution in [1.82, 2.24) is 9.27 Å². The molecule has 0 fully saturated rings. The van der Waals surface area contributed by atoms with Crippen LogP contribution in [0.25, 0.3) is 0 Å². The molecule has 0 saturated carbocycles. The molecule has 2 aromatic rings. The maximum atomic E-state index is 9.00. The zero-order valence-electron chi connectivity index (χ0n) is 11.0. The monoisotopic (exact) mass is 323 g/mol. The number of aromatic nitrogens is 1. The number of rotatable bonds is 6. The summed E-state index contributed by atoms with van der Waals surface area (Å²) in [5.74, 6) is 0.913. The van der Waals surface area contributed by atoms with Crippen molar-refractivity contribution in [2.75, 3.05) is 19.3 Å². The Morgan fingerprint density at radius 1 is 1.40 bits per heavy atom. The van der Waals surface area contributed by atoms with Crippen molar-refractivity contribution >= 4 is 34.9 Å². The van der Waals surface area contributed by atoms with Gasteiger partial charge in [0.15, 0.2) is 5.15 Å². The highest BCUT2D eigenvalue weighted by Gasteiger charge is 2.12. The summed E-state index contributed by atoms with van der Waals surface area (Å²) in [6.07, 6.45) is 0. The first-order valence-electron chi connectivity index (χ1n) is 6.11. The molecule has 3 nitrogen and oxygen atoms in total. The van der Waals surface area contributed by atoms with Gasteiger partial charge < -0.3 is 4.90 Å². The predicted molar refractivity (Wildman–Crippen MR) is 85.3 cm³/mol. The van der Waals surface area contributed by atoms with Crippen LogP contribution in [-0.4, -0.2) is 28.6 Å². The molecule has 1 aromatic carbocycles. The number of thioether (sulfide) groups is 1. The van der Waals surface area contributed by atoms with Crippen molar-refractivity contribution in [3.05, 3.63) is 46.6 Å². The second kappa shape index (κ2) is 7.65. The Morgan fingerprint density at radius 3 is 2.85 bits per heavy atom. The van der Waals surface area contributed by atoms with Crippen LogP contribution >= 0.6 is 34.9 Å². The van der Waals surface area contributed by atoms with E-state index < -0.39 is 0 Å². The highest BCUT2D eigenvalue weighted by Crippen LogP contribution is 2.31. The Labute approximate surface area is 132 Å². The fourth-order valence-electron chi connectivity index (χ4n) is 1.72. The van der Waals surface area contributed by atoms with Gasteiger partial charge >= 0.3 is 0 Å². The summed E-state index contributed by atoms with van der Waals surface area (Å²) in [5, 5.41) is 9.32. The average molecular weight is 324 g/mol. The van der Waals surface area contributed by atoms with Gasteiger partial charge in [0.05, 0.1) is 0 Å². The molecule has 0 atom stereocenters. The summed E-state index contributed by atoms with van der Waals surface area (Å²) in [6, 6.07) is 12.5. The molecule has 6 heteroatoms. The van der Waals surface area contributed by atoms with Crippen LogP contribution in [-0.2, 0) is 6.54 Å². The van der Waals surface area contributed by atoms with Crippen LogP contribution in [0.15, 0.2) is 34.5 Å². The Bertz CT molecular complexity index is 592. The highest BCUT2D eigenvalue weighted by atomic mass is 35.5. The third-order valence-corrected chi connectivity index (χ3v) is 5.18. The molecule has 0 N–H and O–H groups in total. The van der Waals surface area contributed by atoms with Crippen molar-refractivity contribution < 1.29 is 0 Å². The zero-order chi connectivity index (χ0) is 14.4. The number of hydrogen-bond donors (Lipinski definition) is 0. The molecule has 0 amide bonds. The second-order valence-corrected chi connectivity index (χ2v) is 6.81. The summed E-state index contributed by atoms with van der Waals surface area (Å²) >= 11 is 8.78. The van der Waals surface area contributed by atoms with Crippen molar-refractivity contribution in [2.45, 2.75) is 10.8 Å². The first-order valence-corrected chi connectivity index (χ1v) is 8.25. The van der Waals surface area contributed by atoms with Gasteiger partial charge in [-0.2, -0.15) is 9.64 Å². The maximum Gasteiger partial charge on any atom is 0.161 e. The van der Waals surface area contributed by atoms with Gasteiger partial charge in [0.25, 0.3) is 0 Å². The minimum Gasteiger partial charge on any atom is -0.301 e. The topological polar surface area (TPSA) is 39.9 Å². The highest BCUT2D eigenvalue weighted by molar-refractivity contribution is 8.01. The minimum absolute atomic E-state index is 0.317. The quantitative estimate of drug-likeness (QED) is 0.756. The fraction of sp³-hybridized carbons (Fsp3) is 0.286. The van der Waals surface area contributed by atoms with Gasteiger partial charge in [-0.05, 0) is 24.1 Å². The summed E-state index contributed by atoms with van der Waals surface area (Å²) in [6.45, 7) is 1.87. The van der Waals surface area contributed by atoms with Gasteiger partial charge in [-0.3, -0.25) is 0 Å². The summed E-state index contributed by atoms with van der Waals surface area (Å²) in [4.78, 5) is 2.26. The van der Waals surface area contributed by atoms with Gasteiger partial charge in [0.2, 0.25) is 0 Å². The molecule has 2 rings (SSSR count). The van der Waals surface area contributed by atoms with E-state index in [0.717, 1.165) is 23.1 Å². The Morgan fingerprint density at radius 2 is 2.15 bits per heavy atom. The van der Waals surface area contributed by atoms with E-state index in [2.05, 4.69) is 46.7 Å². The maximum absolute atomic E-state index is 9.00. The first kappa shape index (κ1) is 15.3. The predicted octanol–water partition coefficient (Wildman–Crippen LogP) is 3.89. The molecule has 0 aliphatic rings. The molecule has 0 saturated heterocycles. The summed E-state index contributed by atoms with van der Waals surface area (Å²) in [5.41, 5.74) is 1.81. The molecular formula is C14H14ClN3S2. The lowest BCUT2D eigenvalue weighted by Crippen LogP contribution is -2.20. The molecule has 0 aliphatic carbocycles. The van der Waals surface area contributed by atoms with E-state index >= 15 is 0 Å². The van der Waals surface area contributed by atoms with Gasteiger partial charge in [-0.15, -0.1) is 11.8 Å². The number of nitrogens with zero attached hydrogens (tertiary/aromatic N) is 3. The lowest BCUT2D eigenvalue weighted by Gasteiger charge is -2.15. The van der Waals surface area contributed by atoms with Crippen LogP contribution in [0.2, 0.25) is 5.15 Å². The number of nitriles is 1. The Balaban J connectivity index is 1.80. The van der Waals surface area contributed by atoms with Crippen molar-refractivity contribution in [2.24, 2.45) is 0 Å². The smallest absolute Gasteiger partial charge is 0.161 e. The van der Waals surface area contributed by atoms with Gasteiger partial charge in [-0.1, -0.05) is 41.9 Å². The number of benzene rings is 1. The normalized spacial score (nSPS) is 10.7. The number of halogens is 1. The van der Waals surface area contributed by atoms with E-state index in [1.165, 1.54) is 17.1 Å². The van der Waals surface area contributed by atoms with Gasteiger partial charge in [0, 0.05) is 18.8 Å². The second-order valence-electron chi connectivity index (χ2n) is 4.32. The molecule has 104 valence electrons. The summed E-state index contributed by atoms with van der Waals surface area (Å²) in [7, 11) is 2.10. The lowest BCUT2D eigenvalue weighted by atomic mass is 10.2. The largest absolute Gasteiger partial charge is 0.301 e. The minimum atomic E-state index is 0.317. The fourth-order valence-corrected chi connectivity index (χ4v) is 4.00. The van der Waals surface area contributed by atoms with E-state index in [1.54, 1.807) is 11.8 Å². The van der Waals surface area contributed by atoms with E-state index in [9.17, 15) is 0 Å². The zero-order valence-corrected chi connectivity index (χ0v) is 13.4. The average Bonchev–Trinajstić information content (AvgIpc) is 2.80. The molecule has 1 aromatic heterocycles. The third kappa shape index (κ3) is 4.22. The molecule has 0 spiro atoms. The molecular weight excluding hydrogens is 310 g/mol. The van der Waals surface area contributed by atoms with Crippen LogP contribution in [0.5, 0.6) is 0 Å². The molecule has 20 heavy (non-hydrogen) atoms. The summed E-state index contributed by atoms with van der Waals surface area (Å²) < 4.78 is 4.91. The third-order valence-electron chi connectivity index (χ3n) is 2.73. The van der Waals surface area contributed by atoms with E-state index in [1.807, 2.05) is 6.07 Å². The van der Waals surface area contributed by atoms with Crippen LogP contribution in [0, 0.1) is 11.3 Å². The van der Waals surface area contributed by atoms with Crippen LogP contribution in [0.4, 0.5) is 0 Å².